The highest BCUT2D eigenvalue weighted by Gasteiger charge is 2.04. The van der Waals surface area contributed by atoms with Crippen molar-refractivity contribution >= 4 is 23.2 Å². The van der Waals surface area contributed by atoms with Crippen LogP contribution in [0.2, 0.25) is 10.0 Å². The second-order valence-corrected chi connectivity index (χ2v) is 4.01. The lowest BCUT2D eigenvalue weighted by molar-refractivity contribution is 0.235. The molecule has 3 heteroatoms. The van der Waals surface area contributed by atoms with Crippen molar-refractivity contribution in [2.24, 2.45) is 0 Å². The predicted octanol–water partition coefficient (Wildman–Crippen LogP) is 4.37. The molecule has 0 amide bonds. The van der Waals surface area contributed by atoms with E-state index >= 15 is 0 Å². The number of halogens is 2. The molecule has 0 aliphatic heterocycles. The smallest absolute Gasteiger partial charge is 0.122 e. The third kappa shape index (κ3) is 3.77. The maximum absolute atomic E-state index is 5.83. The van der Waals surface area contributed by atoms with Gasteiger partial charge in [0.05, 0.1) is 6.10 Å². The summed E-state index contributed by atoms with van der Waals surface area (Å²) in [6.07, 6.45) is 1.92. The lowest BCUT2D eigenvalue weighted by Crippen LogP contribution is -2.11. The van der Waals surface area contributed by atoms with Crippen molar-refractivity contribution in [3.8, 4) is 5.75 Å². The zero-order valence-electron chi connectivity index (χ0n) is 8.09. The van der Waals surface area contributed by atoms with E-state index in [-0.39, 0.29) is 6.10 Å². The highest BCUT2D eigenvalue weighted by atomic mass is 35.5. The van der Waals surface area contributed by atoms with Gasteiger partial charge in [-0.15, -0.1) is 0 Å². The Labute approximate surface area is 95.0 Å². The van der Waals surface area contributed by atoms with Crippen LogP contribution in [0, 0.1) is 6.92 Å². The zero-order chi connectivity index (χ0) is 10.6. The maximum Gasteiger partial charge on any atom is 0.122 e. The molecule has 0 fully saturated rings. The second kappa shape index (κ2) is 5.47. The number of benzene rings is 1. The molecule has 1 aromatic carbocycles. The first-order chi connectivity index (χ1) is 6.61. The van der Waals surface area contributed by atoms with E-state index in [2.05, 4.69) is 13.8 Å². The number of rotatable bonds is 4. The van der Waals surface area contributed by atoms with Crippen LogP contribution in [0.4, 0.5) is 0 Å². The molecule has 0 aliphatic rings. The fraction of sp³-hybridized carbons (Fsp3) is 0.364. The first-order valence-electron chi connectivity index (χ1n) is 4.57. The van der Waals surface area contributed by atoms with E-state index in [0.717, 1.165) is 12.8 Å². The van der Waals surface area contributed by atoms with Gasteiger partial charge in [0, 0.05) is 10.0 Å². The van der Waals surface area contributed by atoms with Crippen molar-refractivity contribution in [3.63, 3.8) is 0 Å². The summed E-state index contributed by atoms with van der Waals surface area (Å²) in [7, 11) is 0. The summed E-state index contributed by atoms with van der Waals surface area (Å²) < 4.78 is 5.54. The minimum atomic E-state index is -0.0467. The summed E-state index contributed by atoms with van der Waals surface area (Å²) >= 11 is 11.7. The van der Waals surface area contributed by atoms with E-state index < -0.39 is 0 Å². The van der Waals surface area contributed by atoms with E-state index in [1.54, 1.807) is 18.2 Å². The molecule has 0 saturated carbocycles. The van der Waals surface area contributed by atoms with Crippen molar-refractivity contribution in [1.29, 1.82) is 0 Å². The Morgan fingerprint density at radius 2 is 1.86 bits per heavy atom. The van der Waals surface area contributed by atoms with Crippen LogP contribution in [0.15, 0.2) is 18.2 Å². The Hall–Kier alpha value is -0.400. The normalized spacial score (nSPS) is 12.6. The summed E-state index contributed by atoms with van der Waals surface area (Å²) in [6.45, 7) is 5.96. The summed E-state index contributed by atoms with van der Waals surface area (Å²) in [4.78, 5) is 0. The molecule has 77 valence electrons. The van der Waals surface area contributed by atoms with Gasteiger partial charge in [-0.05, 0) is 31.5 Å². The molecule has 0 saturated heterocycles. The van der Waals surface area contributed by atoms with Crippen molar-refractivity contribution in [1.82, 2.24) is 0 Å². The van der Waals surface area contributed by atoms with Gasteiger partial charge < -0.3 is 4.74 Å². The molecule has 0 N–H and O–H groups in total. The van der Waals surface area contributed by atoms with Gasteiger partial charge >= 0.3 is 0 Å². The molecule has 1 rings (SSSR count). The van der Waals surface area contributed by atoms with Gasteiger partial charge in [0.1, 0.15) is 5.75 Å². The Morgan fingerprint density at radius 1 is 1.29 bits per heavy atom. The Balaban J connectivity index is 2.66. The number of hydrogen-bond donors (Lipinski definition) is 0. The van der Waals surface area contributed by atoms with Gasteiger partial charge in [-0.25, -0.2) is 0 Å². The summed E-state index contributed by atoms with van der Waals surface area (Å²) in [6, 6.07) is 5.15. The van der Waals surface area contributed by atoms with Gasteiger partial charge in [0.2, 0.25) is 0 Å². The van der Waals surface area contributed by atoms with Crippen LogP contribution >= 0.6 is 23.2 Å². The monoisotopic (exact) mass is 231 g/mol. The molecule has 1 aromatic rings. The predicted molar refractivity (Wildman–Crippen MR) is 61.1 cm³/mol. The van der Waals surface area contributed by atoms with E-state index in [1.807, 2.05) is 0 Å². The van der Waals surface area contributed by atoms with Crippen LogP contribution in [0.5, 0.6) is 5.75 Å². The average molecular weight is 232 g/mol. The molecule has 1 atom stereocenters. The fourth-order valence-corrected chi connectivity index (χ4v) is 1.68. The third-order valence-corrected chi connectivity index (χ3v) is 2.19. The summed E-state index contributed by atoms with van der Waals surface area (Å²) in [5.41, 5.74) is 0. The highest BCUT2D eigenvalue weighted by molar-refractivity contribution is 6.34. The SMILES string of the molecule is [CH2]C(CCC)Oc1cc(Cl)cc(Cl)c1. The fourth-order valence-electron chi connectivity index (χ4n) is 1.17. The molecule has 0 aliphatic carbocycles. The van der Waals surface area contributed by atoms with Crippen LogP contribution in [0.25, 0.3) is 0 Å². The average Bonchev–Trinajstić information content (AvgIpc) is 2.01. The molecule has 0 spiro atoms. The topological polar surface area (TPSA) is 9.23 Å². The van der Waals surface area contributed by atoms with Crippen LogP contribution in [-0.4, -0.2) is 6.10 Å². The zero-order valence-corrected chi connectivity index (χ0v) is 9.61. The summed E-state index contributed by atoms with van der Waals surface area (Å²) in [5.74, 6) is 0.677. The molecule has 1 nitrogen and oxygen atoms in total. The van der Waals surface area contributed by atoms with Crippen molar-refractivity contribution < 1.29 is 4.74 Å². The van der Waals surface area contributed by atoms with E-state index in [1.165, 1.54) is 0 Å². The Kier molecular flexibility index (Phi) is 4.56. The maximum atomic E-state index is 5.83. The quantitative estimate of drug-likeness (QED) is 0.748. The molecule has 0 aromatic heterocycles. The van der Waals surface area contributed by atoms with Gasteiger partial charge in [0.25, 0.3) is 0 Å². The van der Waals surface area contributed by atoms with Crippen LogP contribution < -0.4 is 4.74 Å². The van der Waals surface area contributed by atoms with Crippen molar-refractivity contribution in [3.05, 3.63) is 35.2 Å². The van der Waals surface area contributed by atoms with Crippen molar-refractivity contribution in [2.75, 3.05) is 0 Å². The van der Waals surface area contributed by atoms with Crippen LogP contribution in [0.1, 0.15) is 19.8 Å². The molecule has 0 heterocycles. The van der Waals surface area contributed by atoms with Crippen LogP contribution in [-0.2, 0) is 0 Å². The largest absolute Gasteiger partial charge is 0.490 e. The molecule has 1 radical (unpaired) electrons. The third-order valence-electron chi connectivity index (χ3n) is 1.75. The highest BCUT2D eigenvalue weighted by Crippen LogP contribution is 2.25. The minimum Gasteiger partial charge on any atom is -0.490 e. The van der Waals surface area contributed by atoms with Gasteiger partial charge in [0.15, 0.2) is 0 Å². The lowest BCUT2D eigenvalue weighted by Gasteiger charge is -2.13. The van der Waals surface area contributed by atoms with Gasteiger partial charge in [-0.2, -0.15) is 0 Å². The number of ether oxygens (including phenoxy) is 1. The Morgan fingerprint density at radius 3 is 2.36 bits per heavy atom. The molecular weight excluding hydrogens is 219 g/mol. The first-order valence-corrected chi connectivity index (χ1v) is 5.33. The standard InChI is InChI=1S/C11H13Cl2O/c1-3-4-8(2)14-11-6-9(12)5-10(13)7-11/h5-8H,2-4H2,1H3. The van der Waals surface area contributed by atoms with Gasteiger partial charge in [-0.3, -0.25) is 0 Å². The van der Waals surface area contributed by atoms with Gasteiger partial charge in [-0.1, -0.05) is 36.5 Å². The lowest BCUT2D eigenvalue weighted by atomic mass is 10.2. The number of hydrogen-bond acceptors (Lipinski definition) is 1. The first kappa shape index (κ1) is 11.7. The molecular formula is C11H13Cl2O. The van der Waals surface area contributed by atoms with E-state index in [9.17, 15) is 0 Å². The van der Waals surface area contributed by atoms with E-state index in [4.69, 9.17) is 27.9 Å². The minimum absolute atomic E-state index is 0.0467. The van der Waals surface area contributed by atoms with Crippen LogP contribution in [0.3, 0.4) is 0 Å². The Bertz CT molecular complexity index is 279. The van der Waals surface area contributed by atoms with E-state index in [0.29, 0.717) is 15.8 Å². The molecule has 1 unspecified atom stereocenters. The second-order valence-electron chi connectivity index (χ2n) is 3.13. The summed E-state index contributed by atoms with van der Waals surface area (Å²) in [5, 5.41) is 1.16. The van der Waals surface area contributed by atoms with Crippen molar-refractivity contribution in [2.45, 2.75) is 25.9 Å². The molecule has 0 bridgehead atoms. The molecule has 14 heavy (non-hydrogen) atoms.